The summed E-state index contributed by atoms with van der Waals surface area (Å²) in [6, 6.07) is 15.8. The summed E-state index contributed by atoms with van der Waals surface area (Å²) in [4.78, 5) is -1.70. The first-order valence-corrected chi connectivity index (χ1v) is 13.1. The van der Waals surface area contributed by atoms with Gasteiger partial charge in [-0.15, -0.1) is 10.2 Å². The van der Waals surface area contributed by atoms with Crippen LogP contribution in [0.25, 0.3) is 10.8 Å². The monoisotopic (exact) mass is 565 g/mol. The van der Waals surface area contributed by atoms with Gasteiger partial charge in [0.25, 0.3) is 20.2 Å². The SMILES string of the molecule is Nc1ccc(N=Nc2c(S(=O)(=O)O)cc3cc(S(=O)(=O)O)c(N=Nc4ccccc4)c(O)c3c2N)cc1.[Na]. The van der Waals surface area contributed by atoms with Crippen LogP contribution in [0.1, 0.15) is 0 Å². The largest absolute Gasteiger partial charge is 0.505 e. The molecule has 0 aliphatic rings. The molecule has 0 aromatic heterocycles. The van der Waals surface area contributed by atoms with Crippen molar-refractivity contribution in [2.75, 3.05) is 11.5 Å². The third-order valence-corrected chi connectivity index (χ3v) is 6.78. The van der Waals surface area contributed by atoms with Crippen molar-refractivity contribution in [3.63, 3.8) is 0 Å². The molecule has 0 bridgehead atoms. The molecule has 0 saturated heterocycles. The second-order valence-corrected chi connectivity index (χ2v) is 10.4. The predicted molar refractivity (Wildman–Crippen MR) is 141 cm³/mol. The van der Waals surface area contributed by atoms with E-state index in [0.29, 0.717) is 11.4 Å². The van der Waals surface area contributed by atoms with Gasteiger partial charge in [-0.25, -0.2) is 0 Å². The van der Waals surface area contributed by atoms with Crippen LogP contribution in [0.4, 0.5) is 34.1 Å². The summed E-state index contributed by atoms with van der Waals surface area (Å²) in [6.07, 6.45) is 0. The van der Waals surface area contributed by atoms with Gasteiger partial charge in [-0.2, -0.15) is 27.1 Å². The summed E-state index contributed by atoms with van der Waals surface area (Å²) in [6.45, 7) is 0. The maximum atomic E-state index is 12.1. The summed E-state index contributed by atoms with van der Waals surface area (Å²) in [5.41, 5.74) is 11.1. The maximum absolute atomic E-state index is 12.1. The minimum atomic E-state index is -4.99. The number of nitrogens with two attached hydrogens (primary N) is 2. The standard InChI is InChI=1S/C22H18N6O7S2.Na/c23-13-6-8-15(9-7-13)26-27-20-16(36(30,31)32)10-12-11-17(37(33,34)35)21(22(29)18(12)19(20)24)28-25-14-4-2-1-3-5-14;/h1-11,29H,23-24H2,(H,30,31,32)(H,33,34,35);. The summed E-state index contributed by atoms with van der Waals surface area (Å²) in [7, 11) is -9.96. The first kappa shape index (κ1) is 29.1. The van der Waals surface area contributed by atoms with E-state index in [1.54, 1.807) is 30.3 Å². The van der Waals surface area contributed by atoms with Crippen LogP contribution in [0.2, 0.25) is 0 Å². The molecule has 4 aromatic carbocycles. The van der Waals surface area contributed by atoms with Crippen LogP contribution in [-0.2, 0) is 20.2 Å². The summed E-state index contributed by atoms with van der Waals surface area (Å²) in [5.74, 6) is -0.840. The van der Waals surface area contributed by atoms with Crippen molar-refractivity contribution in [3.05, 3.63) is 66.7 Å². The van der Waals surface area contributed by atoms with E-state index in [2.05, 4.69) is 20.5 Å². The number of hydrogen-bond donors (Lipinski definition) is 5. The van der Waals surface area contributed by atoms with Crippen LogP contribution in [0.5, 0.6) is 5.75 Å². The van der Waals surface area contributed by atoms with Crippen LogP contribution in [0.3, 0.4) is 0 Å². The Balaban J connectivity index is 0.00000400. The van der Waals surface area contributed by atoms with E-state index in [1.807, 2.05) is 0 Å². The molecular formula is C22H18N6NaO7S2. The number of hydrogen-bond acceptors (Lipinski definition) is 11. The molecule has 0 spiro atoms. The number of azo groups is 2. The van der Waals surface area contributed by atoms with E-state index < -0.39 is 52.8 Å². The molecule has 0 aliphatic heterocycles. The summed E-state index contributed by atoms with van der Waals surface area (Å²) < 4.78 is 67.9. The van der Waals surface area contributed by atoms with Crippen LogP contribution in [-0.4, -0.2) is 60.6 Å². The van der Waals surface area contributed by atoms with Crippen molar-refractivity contribution >= 4 is 94.7 Å². The minimum absolute atomic E-state index is 0. The van der Waals surface area contributed by atoms with Gasteiger partial charge >= 0.3 is 0 Å². The van der Waals surface area contributed by atoms with Crippen LogP contribution in [0, 0.1) is 0 Å². The Morgan fingerprint density at radius 3 is 1.66 bits per heavy atom. The Hall–Kier alpha value is -3.44. The Bertz CT molecular complexity index is 1800. The van der Waals surface area contributed by atoms with Gasteiger partial charge < -0.3 is 16.6 Å². The third-order valence-electron chi connectivity index (χ3n) is 5.05. The Morgan fingerprint density at radius 2 is 1.13 bits per heavy atom. The molecule has 38 heavy (non-hydrogen) atoms. The zero-order chi connectivity index (χ0) is 27.0. The Labute approximate surface area is 238 Å². The molecule has 191 valence electrons. The van der Waals surface area contributed by atoms with E-state index in [1.165, 1.54) is 24.3 Å². The molecule has 0 aliphatic carbocycles. The Morgan fingerprint density at radius 1 is 0.658 bits per heavy atom. The second kappa shape index (κ2) is 11.1. The van der Waals surface area contributed by atoms with Crippen molar-refractivity contribution in [3.8, 4) is 5.75 Å². The molecule has 0 unspecified atom stereocenters. The first-order valence-electron chi connectivity index (χ1n) is 10.2. The van der Waals surface area contributed by atoms with Crippen molar-refractivity contribution in [2.45, 2.75) is 9.79 Å². The molecule has 16 heteroatoms. The second-order valence-electron chi connectivity index (χ2n) is 7.58. The summed E-state index contributed by atoms with van der Waals surface area (Å²) >= 11 is 0. The fourth-order valence-corrected chi connectivity index (χ4v) is 4.68. The number of rotatable bonds is 6. The number of benzene rings is 4. The maximum Gasteiger partial charge on any atom is 0.296 e. The average Bonchev–Trinajstić information content (AvgIpc) is 2.82. The number of nitrogens with zero attached hydrogens (tertiary/aromatic N) is 4. The van der Waals surface area contributed by atoms with Gasteiger partial charge in [0, 0.05) is 35.2 Å². The third kappa shape index (κ3) is 6.16. The quantitative estimate of drug-likeness (QED) is 0.0945. The van der Waals surface area contributed by atoms with Crippen molar-refractivity contribution in [2.24, 2.45) is 20.5 Å². The minimum Gasteiger partial charge on any atom is -0.505 e. The van der Waals surface area contributed by atoms with Gasteiger partial charge in [0.2, 0.25) is 0 Å². The molecule has 7 N–H and O–H groups in total. The fraction of sp³-hybridized carbons (Fsp3) is 0. The van der Waals surface area contributed by atoms with Crippen LogP contribution >= 0.6 is 0 Å². The number of nitrogen functional groups attached to an aromatic ring is 2. The van der Waals surface area contributed by atoms with Crippen LogP contribution < -0.4 is 11.5 Å². The number of fused-ring (bicyclic) bond motifs is 1. The van der Waals surface area contributed by atoms with E-state index >= 15 is 0 Å². The molecule has 0 fully saturated rings. The molecule has 0 atom stereocenters. The first-order chi connectivity index (χ1) is 17.4. The van der Waals surface area contributed by atoms with E-state index in [4.69, 9.17) is 11.5 Å². The number of anilines is 2. The van der Waals surface area contributed by atoms with Crippen molar-refractivity contribution < 1.29 is 31.0 Å². The molecule has 1 radical (unpaired) electrons. The number of aromatic hydroxyl groups is 1. The molecule has 0 heterocycles. The number of phenols is 1. The van der Waals surface area contributed by atoms with Gasteiger partial charge in [0.15, 0.2) is 5.75 Å². The van der Waals surface area contributed by atoms with E-state index in [9.17, 15) is 31.0 Å². The topological polar surface area (TPSA) is 230 Å². The van der Waals surface area contributed by atoms with Gasteiger partial charge in [-0.1, -0.05) is 18.2 Å². The molecular weight excluding hydrogens is 547 g/mol. The molecule has 13 nitrogen and oxygen atoms in total. The Kier molecular flexibility index (Phi) is 8.52. The van der Waals surface area contributed by atoms with Gasteiger partial charge in [-0.3, -0.25) is 9.11 Å². The molecule has 0 saturated carbocycles. The van der Waals surface area contributed by atoms with Crippen LogP contribution in [0.15, 0.2) is 97.0 Å². The van der Waals surface area contributed by atoms with E-state index in [0.717, 1.165) is 12.1 Å². The summed E-state index contributed by atoms with van der Waals surface area (Å²) in [5, 5.41) is 25.8. The zero-order valence-electron chi connectivity index (χ0n) is 19.6. The van der Waals surface area contributed by atoms with Gasteiger partial charge in [0.1, 0.15) is 21.2 Å². The molecule has 4 rings (SSSR count). The smallest absolute Gasteiger partial charge is 0.296 e. The number of phenolic OH excluding ortho intramolecular Hbond substituents is 1. The molecule has 0 amide bonds. The predicted octanol–water partition coefficient (Wildman–Crippen LogP) is 4.65. The zero-order valence-corrected chi connectivity index (χ0v) is 23.2. The van der Waals surface area contributed by atoms with Crippen molar-refractivity contribution in [1.82, 2.24) is 0 Å². The van der Waals surface area contributed by atoms with E-state index in [-0.39, 0.29) is 46.0 Å². The van der Waals surface area contributed by atoms with Gasteiger partial charge in [-0.05, 0) is 53.9 Å². The van der Waals surface area contributed by atoms with Crippen molar-refractivity contribution in [1.29, 1.82) is 0 Å². The van der Waals surface area contributed by atoms with Gasteiger partial charge in [0.05, 0.1) is 22.4 Å². The molecule has 4 aromatic rings. The average molecular weight is 566 g/mol. The fourth-order valence-electron chi connectivity index (χ4n) is 3.36. The normalized spacial score (nSPS) is 12.3.